The number of hydrogen-bond donors (Lipinski definition) is 2. The zero-order valence-corrected chi connectivity index (χ0v) is 9.60. The molecule has 1 fully saturated rings. The van der Waals surface area contributed by atoms with Crippen LogP contribution in [0, 0.1) is 0 Å². The lowest BCUT2D eigenvalue weighted by atomic mass is 10.2. The van der Waals surface area contributed by atoms with Crippen molar-refractivity contribution in [2.75, 3.05) is 39.0 Å². The highest BCUT2D eigenvalue weighted by molar-refractivity contribution is 7.89. The van der Waals surface area contributed by atoms with Crippen LogP contribution in [0.25, 0.3) is 0 Å². The Labute approximate surface area is 85.9 Å². The fourth-order valence-electron chi connectivity index (χ4n) is 1.42. The molecule has 1 atom stereocenters. The van der Waals surface area contributed by atoms with Gasteiger partial charge in [0.25, 0.3) is 0 Å². The van der Waals surface area contributed by atoms with Gasteiger partial charge in [0.15, 0.2) is 0 Å². The summed E-state index contributed by atoms with van der Waals surface area (Å²) in [5.74, 6) is 0.150. The van der Waals surface area contributed by atoms with E-state index in [1.807, 2.05) is 7.05 Å². The highest BCUT2D eigenvalue weighted by atomic mass is 32.2. The van der Waals surface area contributed by atoms with Crippen molar-refractivity contribution in [3.63, 3.8) is 0 Å². The van der Waals surface area contributed by atoms with Gasteiger partial charge < -0.3 is 5.32 Å². The average molecular weight is 221 g/mol. The summed E-state index contributed by atoms with van der Waals surface area (Å²) >= 11 is 0. The van der Waals surface area contributed by atoms with Crippen LogP contribution in [0.2, 0.25) is 0 Å². The first-order valence-electron chi connectivity index (χ1n) is 4.93. The minimum absolute atomic E-state index is 0.150. The topological polar surface area (TPSA) is 61.4 Å². The van der Waals surface area contributed by atoms with Gasteiger partial charge in [-0.25, -0.2) is 13.1 Å². The third-order valence-corrected chi connectivity index (χ3v) is 3.93. The van der Waals surface area contributed by atoms with E-state index in [1.165, 1.54) is 0 Å². The molecule has 0 bridgehead atoms. The van der Waals surface area contributed by atoms with Crippen LogP contribution in [0.15, 0.2) is 0 Å². The third kappa shape index (κ3) is 3.53. The monoisotopic (exact) mass is 221 g/mol. The maximum atomic E-state index is 11.2. The molecule has 1 unspecified atom stereocenters. The molecule has 1 heterocycles. The molecule has 0 aromatic carbocycles. The van der Waals surface area contributed by atoms with Gasteiger partial charge in [-0.3, -0.25) is 4.90 Å². The normalized spacial score (nSPS) is 25.1. The Bertz CT molecular complexity index is 266. The van der Waals surface area contributed by atoms with Crippen molar-refractivity contribution < 1.29 is 8.42 Å². The van der Waals surface area contributed by atoms with Gasteiger partial charge in [0.05, 0.1) is 5.75 Å². The molecule has 84 valence electrons. The molecule has 6 heteroatoms. The molecule has 0 radical (unpaired) electrons. The van der Waals surface area contributed by atoms with Crippen LogP contribution in [-0.4, -0.2) is 58.3 Å². The lowest BCUT2D eigenvalue weighted by Gasteiger charge is -2.32. The Hall–Kier alpha value is -0.170. The Morgan fingerprint density at radius 2 is 2.29 bits per heavy atom. The molecule has 0 amide bonds. The number of nitrogens with one attached hydrogen (secondary N) is 2. The molecular weight excluding hydrogens is 202 g/mol. The second kappa shape index (κ2) is 5.06. The van der Waals surface area contributed by atoms with Crippen LogP contribution >= 0.6 is 0 Å². The average Bonchev–Trinajstić information content (AvgIpc) is 2.17. The van der Waals surface area contributed by atoms with Crippen LogP contribution in [0.4, 0.5) is 0 Å². The standard InChI is InChI=1S/C8H19N3O2S/c1-3-14(12,13)10-7-8-6-9-4-5-11(8)2/h8-10H,3-7H2,1-2H3. The number of hydrogen-bond acceptors (Lipinski definition) is 4. The summed E-state index contributed by atoms with van der Waals surface area (Å²) in [5, 5.41) is 3.24. The lowest BCUT2D eigenvalue weighted by Crippen LogP contribution is -2.54. The fourth-order valence-corrected chi connectivity index (χ4v) is 2.07. The highest BCUT2D eigenvalue weighted by Gasteiger charge is 2.19. The number of likely N-dealkylation sites (N-methyl/N-ethyl adjacent to an activating group) is 1. The van der Waals surface area contributed by atoms with Crippen LogP contribution < -0.4 is 10.0 Å². The van der Waals surface area contributed by atoms with Gasteiger partial charge in [-0.15, -0.1) is 0 Å². The zero-order valence-electron chi connectivity index (χ0n) is 8.78. The molecule has 0 spiro atoms. The summed E-state index contributed by atoms with van der Waals surface area (Å²) < 4.78 is 25.0. The fraction of sp³-hybridized carbons (Fsp3) is 1.00. The predicted molar refractivity (Wildman–Crippen MR) is 56.8 cm³/mol. The van der Waals surface area contributed by atoms with Gasteiger partial charge in [0.1, 0.15) is 0 Å². The smallest absolute Gasteiger partial charge is 0.211 e. The van der Waals surface area contributed by atoms with Crippen molar-refractivity contribution in [2.45, 2.75) is 13.0 Å². The van der Waals surface area contributed by atoms with Crippen LogP contribution in [0.1, 0.15) is 6.92 Å². The molecule has 1 saturated heterocycles. The Balaban J connectivity index is 2.36. The lowest BCUT2D eigenvalue weighted by molar-refractivity contribution is 0.202. The molecule has 0 saturated carbocycles. The Morgan fingerprint density at radius 1 is 1.57 bits per heavy atom. The maximum absolute atomic E-state index is 11.2. The minimum atomic E-state index is -3.05. The molecule has 2 N–H and O–H groups in total. The van der Waals surface area contributed by atoms with Gasteiger partial charge in [0, 0.05) is 32.2 Å². The van der Waals surface area contributed by atoms with E-state index in [-0.39, 0.29) is 11.8 Å². The highest BCUT2D eigenvalue weighted by Crippen LogP contribution is 1.98. The molecule has 1 aliphatic heterocycles. The molecule has 0 aromatic heterocycles. The number of rotatable bonds is 4. The van der Waals surface area contributed by atoms with E-state index < -0.39 is 10.0 Å². The second-order valence-corrected chi connectivity index (χ2v) is 5.69. The van der Waals surface area contributed by atoms with Gasteiger partial charge in [0.2, 0.25) is 10.0 Å². The largest absolute Gasteiger partial charge is 0.314 e. The molecule has 0 aliphatic carbocycles. The first-order valence-corrected chi connectivity index (χ1v) is 6.58. The predicted octanol–water partition coefficient (Wildman–Crippen LogP) is -1.17. The third-order valence-electron chi connectivity index (χ3n) is 2.56. The van der Waals surface area contributed by atoms with Crippen molar-refractivity contribution in [3.05, 3.63) is 0 Å². The van der Waals surface area contributed by atoms with E-state index in [0.29, 0.717) is 6.54 Å². The van der Waals surface area contributed by atoms with E-state index >= 15 is 0 Å². The van der Waals surface area contributed by atoms with Crippen LogP contribution in [0.3, 0.4) is 0 Å². The summed E-state index contributed by atoms with van der Waals surface area (Å²) in [4.78, 5) is 2.18. The minimum Gasteiger partial charge on any atom is -0.314 e. The summed E-state index contributed by atoms with van der Waals surface area (Å²) in [6.45, 7) is 4.94. The second-order valence-electron chi connectivity index (χ2n) is 3.59. The quantitative estimate of drug-likeness (QED) is 0.628. The SMILES string of the molecule is CCS(=O)(=O)NCC1CNCCN1C. The summed E-state index contributed by atoms with van der Waals surface area (Å²) in [6.07, 6.45) is 0. The van der Waals surface area contributed by atoms with E-state index in [4.69, 9.17) is 0 Å². The maximum Gasteiger partial charge on any atom is 0.211 e. The van der Waals surface area contributed by atoms with Gasteiger partial charge >= 0.3 is 0 Å². The van der Waals surface area contributed by atoms with Gasteiger partial charge in [-0.05, 0) is 14.0 Å². The number of nitrogens with zero attached hydrogens (tertiary/aromatic N) is 1. The van der Waals surface area contributed by atoms with Crippen molar-refractivity contribution >= 4 is 10.0 Å². The summed E-state index contributed by atoms with van der Waals surface area (Å²) in [5.41, 5.74) is 0. The Kier molecular flexibility index (Phi) is 4.31. The molecule has 1 aliphatic rings. The van der Waals surface area contributed by atoms with Gasteiger partial charge in [-0.2, -0.15) is 0 Å². The summed E-state index contributed by atoms with van der Waals surface area (Å²) in [6, 6.07) is 0.269. The van der Waals surface area contributed by atoms with Crippen molar-refractivity contribution in [3.8, 4) is 0 Å². The summed E-state index contributed by atoms with van der Waals surface area (Å²) in [7, 11) is -1.03. The van der Waals surface area contributed by atoms with Crippen molar-refractivity contribution in [1.82, 2.24) is 14.9 Å². The Morgan fingerprint density at radius 3 is 2.86 bits per heavy atom. The molecule has 14 heavy (non-hydrogen) atoms. The van der Waals surface area contributed by atoms with Crippen LogP contribution in [0.5, 0.6) is 0 Å². The van der Waals surface area contributed by atoms with Crippen molar-refractivity contribution in [2.24, 2.45) is 0 Å². The number of piperazine rings is 1. The van der Waals surface area contributed by atoms with E-state index in [9.17, 15) is 8.42 Å². The molecular formula is C8H19N3O2S. The van der Waals surface area contributed by atoms with Crippen LogP contribution in [-0.2, 0) is 10.0 Å². The number of sulfonamides is 1. The first kappa shape index (κ1) is 11.9. The van der Waals surface area contributed by atoms with E-state index in [2.05, 4.69) is 14.9 Å². The van der Waals surface area contributed by atoms with E-state index in [1.54, 1.807) is 6.92 Å². The molecule has 1 rings (SSSR count). The first-order chi connectivity index (χ1) is 6.55. The molecule has 5 nitrogen and oxygen atoms in total. The zero-order chi connectivity index (χ0) is 10.6. The van der Waals surface area contributed by atoms with E-state index in [0.717, 1.165) is 19.6 Å². The molecule has 0 aromatic rings. The van der Waals surface area contributed by atoms with Gasteiger partial charge in [-0.1, -0.05) is 0 Å². The van der Waals surface area contributed by atoms with Crippen molar-refractivity contribution in [1.29, 1.82) is 0 Å².